The van der Waals surface area contributed by atoms with Crippen molar-refractivity contribution in [3.63, 3.8) is 0 Å². The largest absolute Gasteiger partial charge is 0.361 e. The number of carbonyl (C=O) groups excluding carboxylic acids is 1. The van der Waals surface area contributed by atoms with Crippen molar-refractivity contribution >= 4 is 27.7 Å². The van der Waals surface area contributed by atoms with Crippen molar-refractivity contribution in [2.24, 2.45) is 0 Å². The first-order valence-corrected chi connectivity index (χ1v) is 12.0. The fourth-order valence-corrected chi connectivity index (χ4v) is 5.30. The minimum absolute atomic E-state index is 0.108. The summed E-state index contributed by atoms with van der Waals surface area (Å²) in [6, 6.07) is 22.6. The van der Waals surface area contributed by atoms with E-state index in [1.54, 1.807) is 4.90 Å². The molecule has 5 nitrogen and oxygen atoms in total. The molecule has 6 heteroatoms. The molecule has 1 aliphatic rings. The summed E-state index contributed by atoms with van der Waals surface area (Å²) >= 11 is 0. The van der Waals surface area contributed by atoms with E-state index in [-0.39, 0.29) is 12.5 Å². The highest BCUT2D eigenvalue weighted by Gasteiger charge is 2.27. The smallest absolute Gasteiger partial charge is 0.253 e. The number of hydrogen-bond acceptors (Lipinski definition) is 3. The average molecular weight is 468 g/mol. The molecule has 0 unspecified atom stereocenters. The predicted molar refractivity (Wildman–Crippen MR) is 135 cm³/mol. The predicted octanol–water partition coefficient (Wildman–Crippen LogP) is 6.30. The first kappa shape index (κ1) is 21.6. The molecule has 0 bridgehead atoms. The zero-order valence-electron chi connectivity index (χ0n) is 19.8. The summed E-state index contributed by atoms with van der Waals surface area (Å²) in [5, 5.41) is 6.22. The van der Waals surface area contributed by atoms with Gasteiger partial charge in [-0.3, -0.25) is 4.79 Å². The van der Waals surface area contributed by atoms with E-state index in [1.807, 2.05) is 50.2 Å². The number of fused-ring (bicyclic) bond motifs is 3. The van der Waals surface area contributed by atoms with Crippen molar-refractivity contribution in [2.75, 3.05) is 13.1 Å². The topological polar surface area (TPSA) is 51.3 Å². The van der Waals surface area contributed by atoms with Gasteiger partial charge in [0.05, 0.1) is 17.8 Å². The molecule has 1 aliphatic heterocycles. The monoisotopic (exact) mass is 467 g/mol. The van der Waals surface area contributed by atoms with Crippen LogP contribution in [0.2, 0.25) is 0 Å². The van der Waals surface area contributed by atoms with Crippen LogP contribution in [0.3, 0.4) is 0 Å². The lowest BCUT2D eigenvalue weighted by Crippen LogP contribution is -2.28. The molecular formula is C29H26FN3O2. The summed E-state index contributed by atoms with van der Waals surface area (Å²) in [5.41, 5.74) is 6.84. The van der Waals surface area contributed by atoms with Crippen LogP contribution in [0.5, 0.6) is 0 Å². The summed E-state index contributed by atoms with van der Waals surface area (Å²) in [6.07, 6.45) is -0.521. The van der Waals surface area contributed by atoms with Crippen LogP contribution >= 0.6 is 0 Å². The molecule has 2 aromatic heterocycles. The number of nitrogens with zero attached hydrogens (tertiary/aromatic N) is 3. The summed E-state index contributed by atoms with van der Waals surface area (Å²) in [4.78, 5) is 14.7. The molecule has 0 radical (unpaired) electrons. The minimum atomic E-state index is -0.932. The lowest BCUT2D eigenvalue weighted by Gasteiger charge is -2.15. The molecule has 3 heterocycles. The Balaban J connectivity index is 1.53. The molecule has 35 heavy (non-hydrogen) atoms. The normalized spacial score (nSPS) is 16.0. The number of aromatic nitrogens is 2. The van der Waals surface area contributed by atoms with Crippen LogP contribution < -0.4 is 0 Å². The second-order valence-electron chi connectivity index (χ2n) is 9.37. The summed E-state index contributed by atoms with van der Waals surface area (Å²) in [7, 11) is 0. The number of carbonyl (C=O) groups is 1. The molecule has 1 fully saturated rings. The molecule has 0 saturated carbocycles. The number of amides is 1. The Labute approximate surface area is 202 Å². The highest BCUT2D eigenvalue weighted by molar-refractivity contribution is 6.11. The van der Waals surface area contributed by atoms with Gasteiger partial charge in [-0.25, -0.2) is 4.39 Å². The highest BCUT2D eigenvalue weighted by atomic mass is 19.1. The van der Waals surface area contributed by atoms with Gasteiger partial charge in [0, 0.05) is 40.5 Å². The maximum Gasteiger partial charge on any atom is 0.253 e. The van der Waals surface area contributed by atoms with Gasteiger partial charge in [0.15, 0.2) is 0 Å². The van der Waals surface area contributed by atoms with E-state index in [1.165, 1.54) is 5.56 Å². The van der Waals surface area contributed by atoms with Crippen molar-refractivity contribution in [3.8, 4) is 11.1 Å². The van der Waals surface area contributed by atoms with Gasteiger partial charge in [-0.15, -0.1) is 0 Å². The molecule has 1 atom stereocenters. The number of benzene rings is 3. The quantitative estimate of drug-likeness (QED) is 0.312. The SMILES string of the molecule is Cc1noc(C)c1-c1ccc2c3cc(C(=O)N4CC[C@H](F)C4)ccc3n(Cc3ccccc3)c2c1. The van der Waals surface area contributed by atoms with Gasteiger partial charge >= 0.3 is 0 Å². The van der Waals surface area contributed by atoms with Crippen LogP contribution in [-0.2, 0) is 6.54 Å². The minimum Gasteiger partial charge on any atom is -0.361 e. The lowest BCUT2D eigenvalue weighted by atomic mass is 10.0. The second-order valence-corrected chi connectivity index (χ2v) is 9.37. The summed E-state index contributed by atoms with van der Waals surface area (Å²) in [5.74, 6) is 0.681. The summed E-state index contributed by atoms with van der Waals surface area (Å²) < 4.78 is 21.4. The van der Waals surface area contributed by atoms with Gasteiger partial charge in [-0.2, -0.15) is 0 Å². The van der Waals surface area contributed by atoms with E-state index < -0.39 is 6.17 Å². The molecule has 6 rings (SSSR count). The Morgan fingerprint density at radius 3 is 2.57 bits per heavy atom. The average Bonchev–Trinajstić information content (AvgIpc) is 3.54. The molecule has 3 aromatic carbocycles. The molecule has 5 aromatic rings. The maximum atomic E-state index is 13.7. The third-order valence-electron chi connectivity index (χ3n) is 7.04. The Hall–Kier alpha value is -3.93. The number of halogens is 1. The van der Waals surface area contributed by atoms with Gasteiger partial charge in [0.2, 0.25) is 0 Å². The van der Waals surface area contributed by atoms with Crippen molar-refractivity contribution in [3.05, 3.63) is 89.3 Å². The third-order valence-corrected chi connectivity index (χ3v) is 7.04. The van der Waals surface area contributed by atoms with Crippen molar-refractivity contribution in [1.82, 2.24) is 14.6 Å². The van der Waals surface area contributed by atoms with Crippen LogP contribution in [-0.4, -0.2) is 39.8 Å². The number of likely N-dealkylation sites (tertiary alicyclic amines) is 1. The van der Waals surface area contributed by atoms with E-state index in [4.69, 9.17) is 4.52 Å². The molecule has 0 N–H and O–H groups in total. The molecule has 176 valence electrons. The number of alkyl halides is 1. The van der Waals surface area contributed by atoms with Crippen LogP contribution in [0.1, 0.15) is 33.8 Å². The zero-order chi connectivity index (χ0) is 24.1. The van der Waals surface area contributed by atoms with Gasteiger partial charge in [0.1, 0.15) is 11.9 Å². The fraction of sp³-hybridized carbons (Fsp3) is 0.241. The van der Waals surface area contributed by atoms with Crippen molar-refractivity contribution in [2.45, 2.75) is 33.0 Å². The van der Waals surface area contributed by atoms with Gasteiger partial charge < -0.3 is 14.0 Å². The van der Waals surface area contributed by atoms with Crippen LogP contribution in [0.4, 0.5) is 4.39 Å². The van der Waals surface area contributed by atoms with Crippen LogP contribution in [0, 0.1) is 13.8 Å². The zero-order valence-corrected chi connectivity index (χ0v) is 19.8. The van der Waals surface area contributed by atoms with Gasteiger partial charge in [-0.05, 0) is 55.7 Å². The van der Waals surface area contributed by atoms with Crippen LogP contribution in [0.15, 0.2) is 71.3 Å². The van der Waals surface area contributed by atoms with E-state index in [2.05, 4.69) is 40.1 Å². The standard InChI is InChI=1S/C29H26FN3O2/c1-18-28(19(2)35-31-18)21-8-10-24-25-14-22(29(34)32-13-12-23(30)17-32)9-11-26(25)33(27(24)15-21)16-20-6-4-3-5-7-20/h3-11,14-15,23H,12-13,16-17H2,1-2H3/t23-/m0/s1. The number of rotatable bonds is 4. The van der Waals surface area contributed by atoms with Gasteiger partial charge in [-0.1, -0.05) is 47.6 Å². The lowest BCUT2D eigenvalue weighted by molar-refractivity contribution is 0.0783. The first-order chi connectivity index (χ1) is 17.0. The number of aryl methyl sites for hydroxylation is 2. The van der Waals surface area contributed by atoms with E-state index in [0.29, 0.717) is 25.1 Å². The highest BCUT2D eigenvalue weighted by Crippen LogP contribution is 2.35. The Morgan fingerprint density at radius 1 is 1.03 bits per heavy atom. The first-order valence-electron chi connectivity index (χ1n) is 12.0. The Kier molecular flexibility index (Phi) is 5.17. The molecule has 1 saturated heterocycles. The van der Waals surface area contributed by atoms with Gasteiger partial charge in [0.25, 0.3) is 5.91 Å². The number of hydrogen-bond donors (Lipinski definition) is 0. The van der Waals surface area contributed by atoms with Crippen molar-refractivity contribution < 1.29 is 13.7 Å². The van der Waals surface area contributed by atoms with E-state index in [9.17, 15) is 9.18 Å². The molecule has 0 aliphatic carbocycles. The maximum absolute atomic E-state index is 13.7. The fourth-order valence-electron chi connectivity index (χ4n) is 5.30. The van der Waals surface area contributed by atoms with Crippen LogP contribution in [0.25, 0.3) is 32.9 Å². The van der Waals surface area contributed by atoms with E-state index >= 15 is 0 Å². The molecular weight excluding hydrogens is 441 g/mol. The summed E-state index contributed by atoms with van der Waals surface area (Å²) in [6.45, 7) is 5.22. The molecule has 1 amide bonds. The molecule has 0 spiro atoms. The Bertz CT molecular complexity index is 1550. The second kappa shape index (κ2) is 8.38. The third kappa shape index (κ3) is 3.70. The van der Waals surface area contributed by atoms with E-state index in [0.717, 1.165) is 44.4 Å². The Morgan fingerprint density at radius 2 is 1.86 bits per heavy atom. The van der Waals surface area contributed by atoms with Crippen molar-refractivity contribution in [1.29, 1.82) is 0 Å².